The molecule has 0 unspecified atom stereocenters. The first-order valence-electron chi connectivity index (χ1n) is 8.15. The van der Waals surface area contributed by atoms with E-state index in [0.717, 1.165) is 37.9 Å². The zero-order valence-electron chi connectivity index (χ0n) is 14.1. The minimum absolute atomic E-state index is 0.0756. The fraction of sp³-hybridized carbons (Fsp3) is 0.412. The van der Waals surface area contributed by atoms with Crippen LogP contribution in [0.3, 0.4) is 0 Å². The summed E-state index contributed by atoms with van der Waals surface area (Å²) in [7, 11) is 2.08. The van der Waals surface area contributed by atoms with Crippen molar-refractivity contribution >= 4 is 5.82 Å². The van der Waals surface area contributed by atoms with Crippen LogP contribution in [-0.4, -0.2) is 59.7 Å². The Morgan fingerprint density at radius 1 is 1.12 bits per heavy atom. The van der Waals surface area contributed by atoms with Crippen LogP contribution in [0, 0.1) is 11.6 Å². The number of benzene rings is 1. The number of anilines is 1. The van der Waals surface area contributed by atoms with Gasteiger partial charge in [-0.25, -0.2) is 13.8 Å². The van der Waals surface area contributed by atoms with Crippen molar-refractivity contribution in [3.8, 4) is 6.01 Å². The number of halogens is 2. The second-order valence-corrected chi connectivity index (χ2v) is 6.02. The first-order chi connectivity index (χ1) is 12.1. The summed E-state index contributed by atoms with van der Waals surface area (Å²) in [5.74, 6) is -0.719. The molecule has 0 bridgehead atoms. The zero-order valence-corrected chi connectivity index (χ0v) is 14.1. The quantitative estimate of drug-likeness (QED) is 0.860. The van der Waals surface area contributed by atoms with E-state index in [-0.39, 0.29) is 24.3 Å². The molecule has 0 aliphatic carbocycles. The Bertz CT molecular complexity index is 690. The Morgan fingerprint density at radius 3 is 2.56 bits per heavy atom. The second-order valence-electron chi connectivity index (χ2n) is 6.02. The van der Waals surface area contributed by atoms with Crippen molar-refractivity contribution in [1.29, 1.82) is 0 Å². The molecule has 0 radical (unpaired) electrons. The van der Waals surface area contributed by atoms with E-state index in [4.69, 9.17) is 4.74 Å². The van der Waals surface area contributed by atoms with E-state index in [9.17, 15) is 8.78 Å². The van der Waals surface area contributed by atoms with Gasteiger partial charge in [0.1, 0.15) is 12.4 Å². The highest BCUT2D eigenvalue weighted by Gasteiger charge is 2.15. The fourth-order valence-corrected chi connectivity index (χ4v) is 2.47. The Hall–Kier alpha value is -2.32. The van der Waals surface area contributed by atoms with E-state index in [0.29, 0.717) is 6.67 Å². The van der Waals surface area contributed by atoms with Gasteiger partial charge in [0.15, 0.2) is 11.6 Å². The van der Waals surface area contributed by atoms with E-state index in [1.54, 1.807) is 12.1 Å². The SMILES string of the molecule is CN1CCN(CNc2nc(OCc3ccc(F)cc3)ncc2F)CC1. The first-order valence-corrected chi connectivity index (χ1v) is 8.15. The molecule has 1 aliphatic rings. The predicted octanol–water partition coefficient (Wildman–Crippen LogP) is 1.95. The molecule has 1 aromatic carbocycles. The average molecular weight is 349 g/mol. The number of piperazine rings is 1. The van der Waals surface area contributed by atoms with Gasteiger partial charge < -0.3 is 15.0 Å². The van der Waals surface area contributed by atoms with Crippen LogP contribution < -0.4 is 10.1 Å². The molecule has 0 amide bonds. The number of nitrogens with zero attached hydrogens (tertiary/aromatic N) is 4. The van der Waals surface area contributed by atoms with Gasteiger partial charge in [0, 0.05) is 26.2 Å². The molecule has 25 heavy (non-hydrogen) atoms. The van der Waals surface area contributed by atoms with Crippen LogP contribution in [0.5, 0.6) is 6.01 Å². The van der Waals surface area contributed by atoms with E-state index in [1.807, 2.05) is 0 Å². The molecule has 134 valence electrons. The second kappa shape index (κ2) is 8.17. The molecule has 0 spiro atoms. The maximum absolute atomic E-state index is 13.9. The molecule has 0 atom stereocenters. The Balaban J connectivity index is 1.55. The van der Waals surface area contributed by atoms with Gasteiger partial charge >= 0.3 is 6.01 Å². The van der Waals surface area contributed by atoms with Crippen molar-refractivity contribution < 1.29 is 13.5 Å². The van der Waals surface area contributed by atoms with Crippen LogP contribution in [0.4, 0.5) is 14.6 Å². The van der Waals surface area contributed by atoms with Gasteiger partial charge in [0.25, 0.3) is 0 Å². The molecule has 1 fully saturated rings. The van der Waals surface area contributed by atoms with Gasteiger partial charge in [-0.05, 0) is 24.7 Å². The summed E-state index contributed by atoms with van der Waals surface area (Å²) in [5.41, 5.74) is 0.779. The number of likely N-dealkylation sites (N-methyl/N-ethyl adjacent to an activating group) is 1. The van der Waals surface area contributed by atoms with Crippen LogP contribution in [0.15, 0.2) is 30.5 Å². The van der Waals surface area contributed by atoms with Gasteiger partial charge in [-0.2, -0.15) is 4.98 Å². The topological polar surface area (TPSA) is 53.5 Å². The monoisotopic (exact) mass is 349 g/mol. The van der Waals surface area contributed by atoms with E-state index < -0.39 is 5.82 Å². The van der Waals surface area contributed by atoms with Crippen molar-refractivity contribution in [1.82, 2.24) is 19.8 Å². The maximum Gasteiger partial charge on any atom is 0.318 e. The summed E-state index contributed by atoms with van der Waals surface area (Å²) in [6.07, 6.45) is 1.08. The van der Waals surface area contributed by atoms with E-state index in [2.05, 4.69) is 32.1 Å². The van der Waals surface area contributed by atoms with Gasteiger partial charge in [-0.3, -0.25) is 4.90 Å². The molecule has 3 rings (SSSR count). The lowest BCUT2D eigenvalue weighted by Crippen LogP contribution is -2.46. The zero-order chi connectivity index (χ0) is 17.6. The summed E-state index contributed by atoms with van der Waals surface area (Å²) in [5, 5.41) is 3.00. The molecular formula is C17H21F2N5O. The van der Waals surface area contributed by atoms with Crippen molar-refractivity contribution in [2.45, 2.75) is 6.61 Å². The lowest BCUT2D eigenvalue weighted by atomic mass is 10.2. The highest BCUT2D eigenvalue weighted by atomic mass is 19.1. The smallest absolute Gasteiger partial charge is 0.318 e. The van der Waals surface area contributed by atoms with E-state index in [1.165, 1.54) is 12.1 Å². The highest BCUT2D eigenvalue weighted by molar-refractivity contribution is 5.35. The van der Waals surface area contributed by atoms with Gasteiger partial charge in [-0.1, -0.05) is 12.1 Å². The third kappa shape index (κ3) is 5.07. The Labute approximate surface area is 145 Å². The molecule has 2 heterocycles. The molecule has 6 nitrogen and oxygen atoms in total. The largest absolute Gasteiger partial charge is 0.459 e. The molecule has 2 aromatic rings. The molecule has 1 N–H and O–H groups in total. The summed E-state index contributed by atoms with van der Waals surface area (Å²) in [4.78, 5) is 12.4. The van der Waals surface area contributed by atoms with Crippen LogP contribution in [0.1, 0.15) is 5.56 Å². The molecule has 1 aromatic heterocycles. The number of hydrogen-bond donors (Lipinski definition) is 1. The number of hydrogen-bond acceptors (Lipinski definition) is 6. The third-order valence-electron chi connectivity index (χ3n) is 4.07. The van der Waals surface area contributed by atoms with Gasteiger partial charge in [-0.15, -0.1) is 0 Å². The standard InChI is InChI=1S/C17H21F2N5O/c1-23-6-8-24(9-7-23)12-21-16-15(19)10-20-17(22-16)25-11-13-2-4-14(18)5-3-13/h2-5,10H,6-9,11-12H2,1H3,(H,20,21,22). The van der Waals surface area contributed by atoms with Gasteiger partial charge in [0.05, 0.1) is 12.9 Å². The maximum atomic E-state index is 13.9. The van der Waals surface area contributed by atoms with Crippen LogP contribution in [0.2, 0.25) is 0 Å². The van der Waals surface area contributed by atoms with Crippen LogP contribution >= 0.6 is 0 Å². The summed E-state index contributed by atoms with van der Waals surface area (Å²) >= 11 is 0. The Kier molecular flexibility index (Phi) is 5.72. The number of aromatic nitrogens is 2. The summed E-state index contributed by atoms with van der Waals surface area (Å²) in [6.45, 7) is 4.51. The molecule has 0 saturated carbocycles. The molecule has 1 aliphatic heterocycles. The van der Waals surface area contributed by atoms with Crippen molar-refractivity contribution in [3.63, 3.8) is 0 Å². The highest BCUT2D eigenvalue weighted by Crippen LogP contribution is 2.15. The van der Waals surface area contributed by atoms with E-state index >= 15 is 0 Å². The van der Waals surface area contributed by atoms with Crippen molar-refractivity contribution in [2.75, 3.05) is 45.2 Å². The van der Waals surface area contributed by atoms with Gasteiger partial charge in [0.2, 0.25) is 0 Å². The van der Waals surface area contributed by atoms with Crippen LogP contribution in [0.25, 0.3) is 0 Å². The average Bonchev–Trinajstić information content (AvgIpc) is 2.62. The molecular weight excluding hydrogens is 328 g/mol. The minimum atomic E-state index is -0.525. The van der Waals surface area contributed by atoms with Crippen LogP contribution in [-0.2, 0) is 6.61 Å². The number of rotatable bonds is 6. The van der Waals surface area contributed by atoms with Crippen molar-refractivity contribution in [3.05, 3.63) is 47.7 Å². The summed E-state index contributed by atoms with van der Waals surface area (Å²) in [6, 6.07) is 6.02. The lowest BCUT2D eigenvalue weighted by molar-refractivity contribution is 0.162. The molecule has 8 heteroatoms. The van der Waals surface area contributed by atoms with Crippen molar-refractivity contribution in [2.24, 2.45) is 0 Å². The normalized spacial score (nSPS) is 16.0. The fourth-order valence-electron chi connectivity index (χ4n) is 2.47. The first kappa shape index (κ1) is 17.5. The number of ether oxygens (including phenoxy) is 1. The Morgan fingerprint density at radius 2 is 1.84 bits per heavy atom. The molecule has 1 saturated heterocycles. The minimum Gasteiger partial charge on any atom is -0.459 e. The lowest BCUT2D eigenvalue weighted by Gasteiger charge is -2.32. The summed E-state index contributed by atoms with van der Waals surface area (Å²) < 4.78 is 32.2. The third-order valence-corrected chi connectivity index (χ3v) is 4.07. The predicted molar refractivity (Wildman–Crippen MR) is 90.3 cm³/mol. The number of nitrogens with one attached hydrogen (secondary N) is 1.